The summed E-state index contributed by atoms with van der Waals surface area (Å²) in [6, 6.07) is 17.6. The van der Waals surface area contributed by atoms with Crippen LogP contribution < -0.4 is 5.32 Å². The van der Waals surface area contributed by atoms with E-state index in [1.807, 2.05) is 61.5 Å². The van der Waals surface area contributed by atoms with Crippen molar-refractivity contribution in [1.29, 1.82) is 0 Å². The Bertz CT molecular complexity index is 1230. The molecular formula is C31H40BNO5. The Hall–Kier alpha value is -2.61. The average Bonchev–Trinajstić information content (AvgIpc) is 3.48. The van der Waals surface area contributed by atoms with Gasteiger partial charge in [-0.05, 0) is 68.1 Å². The van der Waals surface area contributed by atoms with Gasteiger partial charge in [0.15, 0.2) is 6.10 Å². The number of hydrogen-bond donors (Lipinski definition) is 1. The second kappa shape index (κ2) is 11.2. The van der Waals surface area contributed by atoms with E-state index in [0.29, 0.717) is 30.8 Å². The maximum Gasteiger partial charge on any atom is 0.482 e. The number of carbonyl (C=O) groups is 1. The Balaban J connectivity index is 1.43. The molecule has 1 aliphatic carbocycles. The molecule has 0 spiro atoms. The van der Waals surface area contributed by atoms with E-state index in [1.54, 1.807) is 6.26 Å². The number of amides is 1. The third-order valence-corrected chi connectivity index (χ3v) is 8.73. The van der Waals surface area contributed by atoms with E-state index in [0.717, 1.165) is 34.9 Å². The molecule has 2 aliphatic rings. The normalized spacial score (nSPS) is 26.9. The molecule has 2 aromatic carbocycles. The van der Waals surface area contributed by atoms with E-state index in [-0.39, 0.29) is 12.0 Å². The Kier molecular flexibility index (Phi) is 7.99. The number of furan rings is 1. The molecule has 1 saturated carbocycles. The zero-order valence-electron chi connectivity index (χ0n) is 23.2. The summed E-state index contributed by atoms with van der Waals surface area (Å²) in [5, 5.41) is 4.30. The number of para-hydroxylation sites is 1. The zero-order valence-corrected chi connectivity index (χ0v) is 23.2. The Morgan fingerprint density at radius 1 is 1.13 bits per heavy atom. The molecule has 1 saturated heterocycles. The molecule has 7 heteroatoms. The van der Waals surface area contributed by atoms with E-state index in [2.05, 4.69) is 33.0 Å². The third kappa shape index (κ3) is 5.29. The van der Waals surface area contributed by atoms with Crippen molar-refractivity contribution >= 4 is 24.0 Å². The van der Waals surface area contributed by atoms with Gasteiger partial charge in [0, 0.05) is 12.0 Å². The summed E-state index contributed by atoms with van der Waals surface area (Å²) in [7, 11) is -0.575. The summed E-state index contributed by atoms with van der Waals surface area (Å²) >= 11 is 0. The molecule has 6 nitrogen and oxygen atoms in total. The molecule has 0 radical (unpaired) electrons. The van der Waals surface area contributed by atoms with Crippen molar-refractivity contribution in [2.24, 2.45) is 17.8 Å². The van der Waals surface area contributed by atoms with Crippen LogP contribution in [0.3, 0.4) is 0 Å². The van der Waals surface area contributed by atoms with Gasteiger partial charge in [-0.1, -0.05) is 69.3 Å². The van der Waals surface area contributed by atoms with E-state index in [4.69, 9.17) is 18.5 Å². The smallest absolute Gasteiger partial charge is 0.464 e. The minimum absolute atomic E-state index is 0.0130. The topological polar surface area (TPSA) is 69.9 Å². The lowest BCUT2D eigenvalue weighted by molar-refractivity contribution is -0.133. The highest BCUT2D eigenvalue weighted by Gasteiger charge is 2.57. The number of hydrogen-bond acceptors (Lipinski definition) is 5. The summed E-state index contributed by atoms with van der Waals surface area (Å²) < 4.78 is 25.2. The first kappa shape index (κ1) is 27.0. The van der Waals surface area contributed by atoms with Crippen LogP contribution >= 0.6 is 0 Å². The fraction of sp³-hybridized carbons (Fsp3) is 0.516. The lowest BCUT2D eigenvalue weighted by atomic mass is 9.68. The van der Waals surface area contributed by atoms with E-state index in [9.17, 15) is 4.79 Å². The molecule has 1 N–H and O–H groups in total. The van der Waals surface area contributed by atoms with Gasteiger partial charge >= 0.3 is 7.12 Å². The molecule has 0 unspecified atom stereocenters. The zero-order chi connectivity index (χ0) is 26.9. The van der Waals surface area contributed by atoms with Crippen LogP contribution in [0.4, 0.5) is 0 Å². The summed E-state index contributed by atoms with van der Waals surface area (Å²) in [4.78, 5) is 13.7. The van der Waals surface area contributed by atoms with Gasteiger partial charge in [0.2, 0.25) is 0 Å². The number of nitrogens with one attached hydrogen (secondary N) is 1. The maximum absolute atomic E-state index is 13.7. The van der Waals surface area contributed by atoms with Gasteiger partial charge in [-0.25, -0.2) is 0 Å². The van der Waals surface area contributed by atoms with Crippen LogP contribution in [0.25, 0.3) is 11.0 Å². The van der Waals surface area contributed by atoms with Crippen molar-refractivity contribution in [3.05, 3.63) is 72.0 Å². The molecule has 3 aromatic rings. The van der Waals surface area contributed by atoms with Gasteiger partial charge in [-0.15, -0.1) is 0 Å². The lowest BCUT2D eigenvalue weighted by Crippen LogP contribution is -2.52. The summed E-state index contributed by atoms with van der Waals surface area (Å²) in [6.45, 7) is 11.4. The standard InChI is InChI=1S/C31H40BNO5/c1-6-35-29(22-12-8-7-9-13-22)30(34)33-28(18-24-19-36-26-15-11-10-14-25(24)26)32-37-27-17-23(20(2)3)16-21(4)31(27,5)38-32/h7-15,19-21,23,27-29H,6,16-18H2,1-5H3,(H,33,34)/t21-,23+,27-,28+,29-,31+/m1/s1. The first-order valence-corrected chi connectivity index (χ1v) is 14.1. The van der Waals surface area contributed by atoms with Crippen molar-refractivity contribution < 1.29 is 23.3 Å². The monoisotopic (exact) mass is 517 g/mol. The number of fused-ring (bicyclic) bond motifs is 2. The largest absolute Gasteiger partial charge is 0.482 e. The SMILES string of the molecule is CCO[C@@H](C(=O)N[C@@H](Cc1coc2ccccc12)B1O[C@@H]2C[C@@H](C(C)C)C[C@@H](C)[C@]2(C)O1)c1ccccc1. The van der Waals surface area contributed by atoms with Gasteiger partial charge in [0.05, 0.1) is 23.9 Å². The summed E-state index contributed by atoms with van der Waals surface area (Å²) in [5.74, 6) is 0.927. The fourth-order valence-corrected chi connectivity index (χ4v) is 6.17. The first-order chi connectivity index (χ1) is 18.3. The lowest BCUT2D eigenvalue weighted by Gasteiger charge is -2.44. The Morgan fingerprint density at radius 3 is 2.61 bits per heavy atom. The molecule has 202 valence electrons. The molecule has 2 fully saturated rings. The van der Waals surface area contributed by atoms with Crippen molar-refractivity contribution in [2.45, 2.75) is 77.6 Å². The third-order valence-electron chi connectivity index (χ3n) is 8.73. The van der Waals surface area contributed by atoms with Crippen LogP contribution in [-0.4, -0.2) is 37.3 Å². The predicted octanol–water partition coefficient (Wildman–Crippen LogP) is 6.14. The van der Waals surface area contributed by atoms with Crippen LogP contribution in [0.5, 0.6) is 0 Å². The Morgan fingerprint density at radius 2 is 1.87 bits per heavy atom. The minimum Gasteiger partial charge on any atom is -0.464 e. The fourth-order valence-electron chi connectivity index (χ4n) is 6.17. The van der Waals surface area contributed by atoms with Crippen LogP contribution in [0.15, 0.2) is 65.3 Å². The molecule has 1 aliphatic heterocycles. The average molecular weight is 517 g/mol. The molecule has 1 aromatic heterocycles. The van der Waals surface area contributed by atoms with E-state index >= 15 is 0 Å². The first-order valence-electron chi connectivity index (χ1n) is 14.1. The molecular weight excluding hydrogens is 477 g/mol. The predicted molar refractivity (Wildman–Crippen MR) is 150 cm³/mol. The van der Waals surface area contributed by atoms with Gasteiger partial charge in [0.25, 0.3) is 5.91 Å². The highest BCUT2D eigenvalue weighted by Crippen LogP contribution is 2.47. The number of rotatable bonds is 9. The quantitative estimate of drug-likeness (QED) is 0.345. The summed E-state index contributed by atoms with van der Waals surface area (Å²) in [6.07, 6.45) is 3.66. The van der Waals surface area contributed by atoms with E-state index < -0.39 is 24.8 Å². The highest BCUT2D eigenvalue weighted by atomic mass is 16.7. The van der Waals surface area contributed by atoms with Gasteiger partial charge < -0.3 is 23.8 Å². The van der Waals surface area contributed by atoms with Gasteiger partial charge in [-0.2, -0.15) is 0 Å². The van der Waals surface area contributed by atoms with Crippen molar-refractivity contribution in [2.75, 3.05) is 6.61 Å². The number of ether oxygens (including phenoxy) is 1. The molecule has 0 bridgehead atoms. The number of carbonyl (C=O) groups excluding carboxylic acids is 1. The number of benzene rings is 2. The van der Waals surface area contributed by atoms with Crippen LogP contribution in [0, 0.1) is 17.8 Å². The Labute approximate surface area is 226 Å². The van der Waals surface area contributed by atoms with Crippen LogP contribution in [-0.2, 0) is 25.3 Å². The summed E-state index contributed by atoms with van der Waals surface area (Å²) in [5.41, 5.74) is 2.27. The van der Waals surface area contributed by atoms with E-state index in [1.165, 1.54) is 0 Å². The maximum atomic E-state index is 13.7. The second-order valence-corrected chi connectivity index (χ2v) is 11.5. The molecule has 2 heterocycles. The van der Waals surface area contributed by atoms with Crippen LogP contribution in [0.1, 0.15) is 64.7 Å². The minimum atomic E-state index is -0.715. The second-order valence-electron chi connectivity index (χ2n) is 11.5. The van der Waals surface area contributed by atoms with Crippen molar-refractivity contribution in [3.63, 3.8) is 0 Å². The molecule has 38 heavy (non-hydrogen) atoms. The van der Waals surface area contributed by atoms with Gasteiger partial charge in [-0.3, -0.25) is 4.79 Å². The molecule has 6 atom stereocenters. The van der Waals surface area contributed by atoms with Crippen molar-refractivity contribution in [1.82, 2.24) is 5.32 Å². The molecule has 1 amide bonds. The highest BCUT2D eigenvalue weighted by molar-refractivity contribution is 6.48. The van der Waals surface area contributed by atoms with Gasteiger partial charge in [0.1, 0.15) is 5.58 Å². The van der Waals surface area contributed by atoms with Crippen LogP contribution in [0.2, 0.25) is 0 Å². The van der Waals surface area contributed by atoms with Crippen molar-refractivity contribution in [3.8, 4) is 0 Å². The molecule has 5 rings (SSSR count).